The monoisotopic (exact) mass is 211 g/mol. The molecule has 15 heavy (non-hydrogen) atoms. The summed E-state index contributed by atoms with van der Waals surface area (Å²) in [5.74, 6) is -0.329. The van der Waals surface area contributed by atoms with E-state index in [4.69, 9.17) is 15.9 Å². The Bertz CT molecular complexity index is 298. The Labute approximate surface area is 89.0 Å². The number of hydrogen-bond acceptors (Lipinski definition) is 4. The number of nitrogens with zero attached hydrogens (tertiary/aromatic N) is 1. The van der Waals surface area contributed by atoms with E-state index >= 15 is 0 Å². The molecule has 0 fully saturated rings. The Balaban J connectivity index is 2.49. The second-order valence-corrected chi connectivity index (χ2v) is 3.61. The standard InChI is InChI=1S/C10H17N3O2/c1-13(6-8-2-3-15-7-8)9(5-11)4-10(12)14/h2-3,7,9H,4-6,11H2,1H3,(H2,12,14). The number of carbonyl (C=O) groups excluding carboxylic acids is 1. The van der Waals surface area contributed by atoms with Crippen molar-refractivity contribution in [2.45, 2.75) is 19.0 Å². The lowest BCUT2D eigenvalue weighted by Crippen LogP contribution is -2.40. The molecule has 0 saturated carbocycles. The first-order chi connectivity index (χ1) is 7.13. The minimum absolute atomic E-state index is 0.0163. The summed E-state index contributed by atoms with van der Waals surface area (Å²) in [4.78, 5) is 12.8. The van der Waals surface area contributed by atoms with Gasteiger partial charge in [0.05, 0.1) is 12.5 Å². The molecule has 5 heteroatoms. The van der Waals surface area contributed by atoms with Gasteiger partial charge >= 0.3 is 0 Å². The molecule has 1 rings (SSSR count). The summed E-state index contributed by atoms with van der Waals surface area (Å²) in [6.45, 7) is 1.11. The van der Waals surface area contributed by atoms with E-state index in [1.807, 2.05) is 18.0 Å². The summed E-state index contributed by atoms with van der Waals surface area (Å²) in [7, 11) is 1.91. The lowest BCUT2D eigenvalue weighted by molar-refractivity contribution is -0.119. The van der Waals surface area contributed by atoms with Crippen LogP contribution in [0.5, 0.6) is 0 Å². The second kappa shape index (κ2) is 5.53. The van der Waals surface area contributed by atoms with Crippen molar-refractivity contribution in [1.29, 1.82) is 0 Å². The largest absolute Gasteiger partial charge is 0.472 e. The summed E-state index contributed by atoms with van der Waals surface area (Å²) < 4.78 is 4.96. The van der Waals surface area contributed by atoms with Crippen molar-refractivity contribution in [2.75, 3.05) is 13.6 Å². The Morgan fingerprint density at radius 3 is 2.87 bits per heavy atom. The zero-order valence-electron chi connectivity index (χ0n) is 8.85. The van der Waals surface area contributed by atoms with E-state index in [2.05, 4.69) is 0 Å². The SMILES string of the molecule is CN(Cc1ccoc1)C(CN)CC(N)=O. The molecule has 0 bridgehead atoms. The van der Waals surface area contributed by atoms with Crippen LogP contribution in [0.15, 0.2) is 23.0 Å². The number of likely N-dealkylation sites (N-methyl/N-ethyl adjacent to an activating group) is 1. The minimum Gasteiger partial charge on any atom is -0.472 e. The third-order valence-electron chi connectivity index (χ3n) is 2.34. The van der Waals surface area contributed by atoms with Crippen LogP contribution in [0.1, 0.15) is 12.0 Å². The molecule has 84 valence electrons. The fourth-order valence-corrected chi connectivity index (χ4v) is 1.45. The molecule has 4 N–H and O–H groups in total. The van der Waals surface area contributed by atoms with E-state index in [9.17, 15) is 4.79 Å². The fourth-order valence-electron chi connectivity index (χ4n) is 1.45. The molecule has 1 aromatic heterocycles. The van der Waals surface area contributed by atoms with Crippen molar-refractivity contribution in [1.82, 2.24) is 4.90 Å². The average molecular weight is 211 g/mol. The van der Waals surface area contributed by atoms with Crippen molar-refractivity contribution >= 4 is 5.91 Å². The van der Waals surface area contributed by atoms with Crippen molar-refractivity contribution in [2.24, 2.45) is 11.5 Å². The highest BCUT2D eigenvalue weighted by Crippen LogP contribution is 2.08. The summed E-state index contributed by atoms with van der Waals surface area (Å²) in [6.07, 6.45) is 3.58. The number of carbonyl (C=O) groups is 1. The summed E-state index contributed by atoms with van der Waals surface area (Å²) in [6, 6.07) is 1.87. The molecule has 5 nitrogen and oxygen atoms in total. The molecule has 0 aliphatic rings. The number of amides is 1. The Kier molecular flexibility index (Phi) is 4.33. The first-order valence-electron chi connectivity index (χ1n) is 4.83. The lowest BCUT2D eigenvalue weighted by atomic mass is 10.1. The second-order valence-electron chi connectivity index (χ2n) is 3.61. The lowest BCUT2D eigenvalue weighted by Gasteiger charge is -2.25. The van der Waals surface area contributed by atoms with Crippen LogP contribution in [0.25, 0.3) is 0 Å². The molecule has 1 atom stereocenters. The smallest absolute Gasteiger partial charge is 0.219 e. The van der Waals surface area contributed by atoms with Crippen LogP contribution in [0, 0.1) is 0 Å². The number of hydrogen-bond donors (Lipinski definition) is 2. The quantitative estimate of drug-likeness (QED) is 0.688. The number of rotatable bonds is 6. The van der Waals surface area contributed by atoms with Crippen molar-refractivity contribution < 1.29 is 9.21 Å². The van der Waals surface area contributed by atoms with Gasteiger partial charge < -0.3 is 15.9 Å². The van der Waals surface area contributed by atoms with E-state index in [0.29, 0.717) is 13.1 Å². The predicted octanol–water partition coefficient (Wildman–Crippen LogP) is -0.0859. The molecule has 0 aromatic carbocycles. The van der Waals surface area contributed by atoms with Crippen LogP contribution < -0.4 is 11.5 Å². The normalized spacial score (nSPS) is 13.0. The molecule has 0 saturated heterocycles. The fraction of sp³-hybridized carbons (Fsp3) is 0.500. The maximum absolute atomic E-state index is 10.8. The predicted molar refractivity (Wildman–Crippen MR) is 56.8 cm³/mol. The van der Waals surface area contributed by atoms with E-state index in [1.54, 1.807) is 12.5 Å². The van der Waals surface area contributed by atoms with Gasteiger partial charge in [0.2, 0.25) is 5.91 Å². The van der Waals surface area contributed by atoms with Gasteiger partial charge in [-0.15, -0.1) is 0 Å². The van der Waals surface area contributed by atoms with Gasteiger partial charge in [0, 0.05) is 31.1 Å². The third-order valence-corrected chi connectivity index (χ3v) is 2.34. The van der Waals surface area contributed by atoms with Crippen LogP contribution >= 0.6 is 0 Å². The molecule has 0 radical (unpaired) electrons. The Hall–Kier alpha value is -1.33. The molecule has 1 heterocycles. The molecule has 0 spiro atoms. The van der Waals surface area contributed by atoms with Crippen LogP contribution in [0.2, 0.25) is 0 Å². The average Bonchev–Trinajstić information content (AvgIpc) is 2.66. The first-order valence-corrected chi connectivity index (χ1v) is 4.83. The van der Waals surface area contributed by atoms with E-state index in [0.717, 1.165) is 5.56 Å². The molecule has 1 aromatic rings. The van der Waals surface area contributed by atoms with E-state index in [1.165, 1.54) is 0 Å². The maximum Gasteiger partial charge on any atom is 0.219 e. The summed E-state index contributed by atoms with van der Waals surface area (Å²) >= 11 is 0. The van der Waals surface area contributed by atoms with E-state index < -0.39 is 0 Å². The molecule has 1 amide bonds. The molecular weight excluding hydrogens is 194 g/mol. The highest BCUT2D eigenvalue weighted by Gasteiger charge is 2.15. The van der Waals surface area contributed by atoms with Gasteiger partial charge in [0.15, 0.2) is 0 Å². The summed E-state index contributed by atoms with van der Waals surface area (Å²) in [5.41, 5.74) is 11.8. The van der Waals surface area contributed by atoms with Crippen molar-refractivity contribution in [3.63, 3.8) is 0 Å². The van der Waals surface area contributed by atoms with Gasteiger partial charge in [-0.2, -0.15) is 0 Å². The Morgan fingerprint density at radius 2 is 2.40 bits per heavy atom. The molecular formula is C10H17N3O2. The van der Waals surface area contributed by atoms with Crippen LogP contribution in [0.3, 0.4) is 0 Å². The van der Waals surface area contributed by atoms with Crippen molar-refractivity contribution in [3.8, 4) is 0 Å². The van der Waals surface area contributed by atoms with E-state index in [-0.39, 0.29) is 18.4 Å². The molecule has 0 aliphatic carbocycles. The molecule has 0 aliphatic heterocycles. The maximum atomic E-state index is 10.8. The van der Waals surface area contributed by atoms with Crippen LogP contribution in [-0.2, 0) is 11.3 Å². The van der Waals surface area contributed by atoms with Gasteiger partial charge in [-0.25, -0.2) is 0 Å². The number of nitrogens with two attached hydrogens (primary N) is 2. The van der Waals surface area contributed by atoms with Gasteiger partial charge in [-0.3, -0.25) is 9.69 Å². The molecule has 1 unspecified atom stereocenters. The highest BCUT2D eigenvalue weighted by atomic mass is 16.3. The highest BCUT2D eigenvalue weighted by molar-refractivity contribution is 5.74. The first kappa shape index (κ1) is 11.7. The zero-order valence-corrected chi connectivity index (χ0v) is 8.85. The van der Waals surface area contributed by atoms with Gasteiger partial charge in [-0.1, -0.05) is 0 Å². The van der Waals surface area contributed by atoms with Gasteiger partial charge in [0.25, 0.3) is 0 Å². The third kappa shape index (κ3) is 3.73. The van der Waals surface area contributed by atoms with Gasteiger partial charge in [-0.05, 0) is 13.1 Å². The van der Waals surface area contributed by atoms with Crippen LogP contribution in [-0.4, -0.2) is 30.4 Å². The number of primary amides is 1. The van der Waals surface area contributed by atoms with Gasteiger partial charge in [0.1, 0.15) is 0 Å². The number of furan rings is 1. The zero-order chi connectivity index (χ0) is 11.3. The minimum atomic E-state index is -0.329. The van der Waals surface area contributed by atoms with Crippen LogP contribution in [0.4, 0.5) is 0 Å². The topological polar surface area (TPSA) is 85.5 Å². The summed E-state index contributed by atoms with van der Waals surface area (Å²) in [5, 5.41) is 0. The van der Waals surface area contributed by atoms with Crippen molar-refractivity contribution in [3.05, 3.63) is 24.2 Å². The Morgan fingerprint density at radius 1 is 1.67 bits per heavy atom.